The molecule has 5 nitrogen and oxygen atoms in total. The highest BCUT2D eigenvalue weighted by Gasteiger charge is 2.27. The molecule has 5 heteroatoms. The molecule has 1 fully saturated rings. The Morgan fingerprint density at radius 2 is 2.19 bits per heavy atom. The average molecular weight is 287 g/mol. The minimum atomic E-state index is -0.116. The molecule has 2 unspecified atom stereocenters. The van der Waals surface area contributed by atoms with Crippen LogP contribution >= 0.6 is 0 Å². The molecule has 0 spiro atoms. The number of anilines is 2. The Kier molecular flexibility index (Phi) is 3.92. The molecular weight excluding hydrogens is 266 g/mol. The second kappa shape index (κ2) is 5.85. The van der Waals surface area contributed by atoms with E-state index < -0.39 is 0 Å². The lowest BCUT2D eigenvalue weighted by Gasteiger charge is -2.29. The zero-order chi connectivity index (χ0) is 14.8. The zero-order valence-corrected chi connectivity index (χ0v) is 12.2. The highest BCUT2D eigenvalue weighted by Crippen LogP contribution is 2.26. The summed E-state index contributed by atoms with van der Waals surface area (Å²) in [4.78, 5) is 23.7. The first-order valence-electron chi connectivity index (χ1n) is 7.60. The van der Waals surface area contributed by atoms with Gasteiger partial charge in [0.15, 0.2) is 0 Å². The monoisotopic (exact) mass is 287 g/mol. The van der Waals surface area contributed by atoms with Gasteiger partial charge < -0.3 is 16.0 Å². The second-order valence-electron chi connectivity index (χ2n) is 5.96. The van der Waals surface area contributed by atoms with E-state index in [4.69, 9.17) is 0 Å². The third kappa shape index (κ3) is 3.08. The smallest absolute Gasteiger partial charge is 0.241 e. The number of fused-ring (bicyclic) bond motifs is 1. The van der Waals surface area contributed by atoms with E-state index in [9.17, 15) is 9.59 Å². The minimum Gasteiger partial charge on any atom is -0.326 e. The van der Waals surface area contributed by atoms with Gasteiger partial charge in [-0.2, -0.15) is 0 Å². The SMILES string of the molecule is CC1CCCNC1C(=O)Nc1ccc2c(c1)CCC(=O)N2. The van der Waals surface area contributed by atoms with Crippen molar-refractivity contribution < 1.29 is 9.59 Å². The highest BCUT2D eigenvalue weighted by atomic mass is 16.2. The maximum Gasteiger partial charge on any atom is 0.241 e. The molecule has 0 bridgehead atoms. The van der Waals surface area contributed by atoms with Gasteiger partial charge in [0.05, 0.1) is 6.04 Å². The molecule has 2 aliphatic heterocycles. The average Bonchev–Trinajstić information content (AvgIpc) is 2.48. The molecule has 2 aliphatic rings. The highest BCUT2D eigenvalue weighted by molar-refractivity contribution is 5.97. The van der Waals surface area contributed by atoms with Gasteiger partial charge in [-0.05, 0) is 55.5 Å². The number of rotatable bonds is 2. The Balaban J connectivity index is 1.70. The van der Waals surface area contributed by atoms with Crippen LogP contribution in [0.3, 0.4) is 0 Å². The van der Waals surface area contributed by atoms with Gasteiger partial charge in [-0.1, -0.05) is 6.92 Å². The fourth-order valence-corrected chi connectivity index (χ4v) is 3.08. The Hall–Kier alpha value is -1.88. The fraction of sp³-hybridized carbons (Fsp3) is 0.500. The number of carbonyl (C=O) groups excluding carboxylic acids is 2. The van der Waals surface area contributed by atoms with Gasteiger partial charge in [0.25, 0.3) is 0 Å². The lowest BCUT2D eigenvalue weighted by atomic mass is 9.92. The lowest BCUT2D eigenvalue weighted by molar-refractivity contribution is -0.119. The van der Waals surface area contributed by atoms with Gasteiger partial charge in [0.2, 0.25) is 11.8 Å². The summed E-state index contributed by atoms with van der Waals surface area (Å²) in [6, 6.07) is 5.55. The van der Waals surface area contributed by atoms with Crippen LogP contribution in [-0.4, -0.2) is 24.4 Å². The van der Waals surface area contributed by atoms with Crippen LogP contribution in [0.2, 0.25) is 0 Å². The summed E-state index contributed by atoms with van der Waals surface area (Å²) in [7, 11) is 0. The first-order chi connectivity index (χ1) is 10.1. The predicted octanol–water partition coefficient (Wildman–Crippen LogP) is 1.90. The number of amides is 2. The van der Waals surface area contributed by atoms with Crippen molar-refractivity contribution in [2.45, 2.75) is 38.6 Å². The first-order valence-corrected chi connectivity index (χ1v) is 7.60. The zero-order valence-electron chi connectivity index (χ0n) is 12.2. The van der Waals surface area contributed by atoms with Crippen LogP contribution in [-0.2, 0) is 16.0 Å². The molecule has 0 radical (unpaired) electrons. The van der Waals surface area contributed by atoms with Crippen molar-refractivity contribution in [1.29, 1.82) is 0 Å². The minimum absolute atomic E-state index is 0.0296. The molecule has 112 valence electrons. The molecular formula is C16H21N3O2. The first kappa shape index (κ1) is 14.1. The van der Waals surface area contributed by atoms with Gasteiger partial charge in [0.1, 0.15) is 0 Å². The summed E-state index contributed by atoms with van der Waals surface area (Å²) in [5.74, 6) is 0.442. The molecule has 21 heavy (non-hydrogen) atoms. The third-order valence-corrected chi connectivity index (χ3v) is 4.32. The van der Waals surface area contributed by atoms with Crippen LogP contribution < -0.4 is 16.0 Å². The topological polar surface area (TPSA) is 70.2 Å². The molecule has 2 atom stereocenters. The molecule has 1 saturated heterocycles. The summed E-state index contributed by atoms with van der Waals surface area (Å²) >= 11 is 0. The van der Waals surface area contributed by atoms with Crippen LogP contribution in [0.15, 0.2) is 18.2 Å². The molecule has 1 aromatic carbocycles. The van der Waals surface area contributed by atoms with Gasteiger partial charge in [-0.15, -0.1) is 0 Å². The number of aryl methyl sites for hydroxylation is 1. The van der Waals surface area contributed by atoms with Crippen molar-refractivity contribution >= 4 is 23.2 Å². The Morgan fingerprint density at radius 1 is 1.33 bits per heavy atom. The van der Waals surface area contributed by atoms with E-state index in [1.165, 1.54) is 0 Å². The van der Waals surface area contributed by atoms with Crippen LogP contribution in [0.4, 0.5) is 11.4 Å². The third-order valence-electron chi connectivity index (χ3n) is 4.32. The molecule has 2 heterocycles. The largest absolute Gasteiger partial charge is 0.326 e. The fourth-order valence-electron chi connectivity index (χ4n) is 3.08. The van der Waals surface area contributed by atoms with Crippen molar-refractivity contribution in [2.24, 2.45) is 5.92 Å². The second-order valence-corrected chi connectivity index (χ2v) is 5.96. The quantitative estimate of drug-likeness (QED) is 0.778. The summed E-state index contributed by atoms with van der Waals surface area (Å²) in [6.07, 6.45) is 3.44. The van der Waals surface area contributed by atoms with E-state index in [0.717, 1.165) is 42.7 Å². The number of hydrogen-bond acceptors (Lipinski definition) is 3. The van der Waals surface area contributed by atoms with E-state index in [1.54, 1.807) is 0 Å². The van der Waals surface area contributed by atoms with Gasteiger partial charge in [-0.3, -0.25) is 9.59 Å². The van der Waals surface area contributed by atoms with Crippen molar-refractivity contribution in [2.75, 3.05) is 17.2 Å². The Bertz CT molecular complexity index is 571. The molecule has 2 amide bonds. The molecule has 0 aliphatic carbocycles. The van der Waals surface area contributed by atoms with Crippen LogP contribution in [0, 0.1) is 5.92 Å². The lowest BCUT2D eigenvalue weighted by Crippen LogP contribution is -2.48. The maximum atomic E-state index is 12.4. The number of hydrogen-bond donors (Lipinski definition) is 3. The molecule has 1 aromatic rings. The number of benzene rings is 1. The summed E-state index contributed by atoms with van der Waals surface area (Å²) in [5, 5.41) is 9.12. The predicted molar refractivity (Wildman–Crippen MR) is 82.2 cm³/mol. The summed E-state index contributed by atoms with van der Waals surface area (Å²) in [5.41, 5.74) is 2.74. The van der Waals surface area contributed by atoms with Crippen molar-refractivity contribution in [1.82, 2.24) is 5.32 Å². The van der Waals surface area contributed by atoms with E-state index in [0.29, 0.717) is 12.3 Å². The van der Waals surface area contributed by atoms with Gasteiger partial charge in [0, 0.05) is 17.8 Å². The number of piperidine rings is 1. The van der Waals surface area contributed by atoms with E-state index in [2.05, 4.69) is 22.9 Å². The van der Waals surface area contributed by atoms with Crippen LogP contribution in [0.25, 0.3) is 0 Å². The summed E-state index contributed by atoms with van der Waals surface area (Å²) in [6.45, 7) is 3.01. The summed E-state index contributed by atoms with van der Waals surface area (Å²) < 4.78 is 0. The van der Waals surface area contributed by atoms with E-state index in [1.807, 2.05) is 18.2 Å². The van der Waals surface area contributed by atoms with Crippen LogP contribution in [0.1, 0.15) is 31.7 Å². The van der Waals surface area contributed by atoms with Crippen molar-refractivity contribution in [3.8, 4) is 0 Å². The molecule has 0 aromatic heterocycles. The maximum absolute atomic E-state index is 12.4. The Morgan fingerprint density at radius 3 is 3.00 bits per heavy atom. The van der Waals surface area contributed by atoms with Crippen molar-refractivity contribution in [3.05, 3.63) is 23.8 Å². The Labute approximate surface area is 124 Å². The molecule has 3 N–H and O–H groups in total. The molecule has 3 rings (SSSR count). The van der Waals surface area contributed by atoms with Gasteiger partial charge in [-0.25, -0.2) is 0 Å². The standard InChI is InChI=1S/C16H21N3O2/c1-10-3-2-8-17-15(10)16(21)18-12-5-6-13-11(9-12)4-7-14(20)19-13/h5-6,9-10,15,17H,2-4,7-8H2,1H3,(H,18,21)(H,19,20). The van der Waals surface area contributed by atoms with Gasteiger partial charge >= 0.3 is 0 Å². The number of nitrogens with one attached hydrogen (secondary N) is 3. The molecule has 0 saturated carbocycles. The van der Waals surface area contributed by atoms with E-state index in [-0.39, 0.29) is 17.9 Å². The van der Waals surface area contributed by atoms with Crippen LogP contribution in [0.5, 0.6) is 0 Å². The normalized spacial score (nSPS) is 24.9. The number of carbonyl (C=O) groups is 2. The van der Waals surface area contributed by atoms with E-state index >= 15 is 0 Å². The van der Waals surface area contributed by atoms with Crippen molar-refractivity contribution in [3.63, 3.8) is 0 Å².